The molecule has 0 aliphatic heterocycles. The molecule has 2 rings (SSSR count). The molecule has 0 N–H and O–H groups in total. The molecule has 4 nitrogen and oxygen atoms in total. The van der Waals surface area contributed by atoms with Crippen LogP contribution in [0.1, 0.15) is 23.6 Å². The van der Waals surface area contributed by atoms with Crippen LogP contribution >= 0.6 is 0 Å². The minimum absolute atomic E-state index is 0.0922. The zero-order chi connectivity index (χ0) is 20.0. The zero-order valence-electron chi connectivity index (χ0n) is 15.5. The fourth-order valence-corrected chi connectivity index (χ4v) is 2.72. The molecule has 146 valence electrons. The first-order valence-corrected chi connectivity index (χ1v) is 8.43. The first kappa shape index (κ1) is 20.6. The number of rotatable bonds is 7. The van der Waals surface area contributed by atoms with Gasteiger partial charge in [0.25, 0.3) is 0 Å². The van der Waals surface area contributed by atoms with Gasteiger partial charge in [-0.2, -0.15) is 13.2 Å². The molecule has 0 aromatic heterocycles. The second kappa shape index (κ2) is 8.79. The third-order valence-corrected chi connectivity index (χ3v) is 4.17. The third-order valence-electron chi connectivity index (χ3n) is 4.17. The maximum atomic E-state index is 12.8. The Bertz CT molecular complexity index is 790. The van der Waals surface area contributed by atoms with Gasteiger partial charge < -0.3 is 14.4 Å². The molecule has 0 spiro atoms. The van der Waals surface area contributed by atoms with E-state index in [0.29, 0.717) is 30.2 Å². The van der Waals surface area contributed by atoms with Crippen LogP contribution in [0.4, 0.5) is 13.2 Å². The van der Waals surface area contributed by atoms with Crippen molar-refractivity contribution in [3.8, 4) is 11.5 Å². The molecular weight excluding hydrogens is 359 g/mol. The minimum atomic E-state index is -4.43. The fourth-order valence-electron chi connectivity index (χ4n) is 2.72. The van der Waals surface area contributed by atoms with E-state index < -0.39 is 11.7 Å². The van der Waals surface area contributed by atoms with Crippen LogP contribution < -0.4 is 9.47 Å². The van der Waals surface area contributed by atoms with Crippen LogP contribution in [0.15, 0.2) is 42.5 Å². The second-order valence-electron chi connectivity index (χ2n) is 5.97. The number of likely N-dealkylation sites (N-methyl/N-ethyl adjacent to an activating group) is 1. The molecule has 7 heteroatoms. The Balaban J connectivity index is 2.12. The average Bonchev–Trinajstić information content (AvgIpc) is 2.65. The van der Waals surface area contributed by atoms with Crippen LogP contribution in [0.2, 0.25) is 0 Å². The van der Waals surface area contributed by atoms with E-state index in [0.717, 1.165) is 17.7 Å². The highest BCUT2D eigenvalue weighted by Crippen LogP contribution is 2.30. The largest absolute Gasteiger partial charge is 0.493 e. The highest BCUT2D eigenvalue weighted by Gasteiger charge is 2.30. The summed E-state index contributed by atoms with van der Waals surface area (Å²) in [5.74, 6) is 0.891. The predicted molar refractivity (Wildman–Crippen MR) is 95.8 cm³/mol. The van der Waals surface area contributed by atoms with Crippen LogP contribution in [0.25, 0.3) is 0 Å². The van der Waals surface area contributed by atoms with Crippen LogP contribution in [-0.4, -0.2) is 31.6 Å². The molecule has 0 heterocycles. The Hall–Kier alpha value is -2.70. The molecule has 0 fully saturated rings. The van der Waals surface area contributed by atoms with E-state index in [2.05, 4.69) is 0 Å². The van der Waals surface area contributed by atoms with Gasteiger partial charge in [0.2, 0.25) is 5.91 Å². The number of benzene rings is 2. The number of amides is 1. The van der Waals surface area contributed by atoms with Gasteiger partial charge in [-0.3, -0.25) is 4.79 Å². The lowest BCUT2D eigenvalue weighted by atomic mass is 10.1. The van der Waals surface area contributed by atoms with Gasteiger partial charge in [-0.1, -0.05) is 24.3 Å². The summed E-state index contributed by atoms with van der Waals surface area (Å²) >= 11 is 0. The first-order valence-electron chi connectivity index (χ1n) is 8.43. The molecule has 0 saturated carbocycles. The van der Waals surface area contributed by atoms with Gasteiger partial charge in [0, 0.05) is 13.1 Å². The molecule has 0 saturated heterocycles. The topological polar surface area (TPSA) is 38.8 Å². The number of carbonyl (C=O) groups excluding carboxylic acids is 1. The van der Waals surface area contributed by atoms with Gasteiger partial charge >= 0.3 is 6.18 Å². The van der Waals surface area contributed by atoms with E-state index in [1.807, 2.05) is 13.0 Å². The molecule has 0 atom stereocenters. The predicted octanol–water partition coefficient (Wildman–Crippen LogP) is 4.31. The third kappa shape index (κ3) is 5.39. The van der Waals surface area contributed by atoms with Crippen molar-refractivity contribution >= 4 is 5.91 Å². The van der Waals surface area contributed by atoms with Crippen molar-refractivity contribution in [3.63, 3.8) is 0 Å². The smallest absolute Gasteiger partial charge is 0.416 e. The summed E-state index contributed by atoms with van der Waals surface area (Å²) < 4.78 is 48.9. The van der Waals surface area contributed by atoms with Crippen LogP contribution in [0, 0.1) is 0 Å². The maximum absolute atomic E-state index is 12.8. The second-order valence-corrected chi connectivity index (χ2v) is 5.97. The van der Waals surface area contributed by atoms with Gasteiger partial charge in [-0.05, 0) is 36.2 Å². The molecule has 0 bridgehead atoms. The van der Waals surface area contributed by atoms with Gasteiger partial charge in [-0.25, -0.2) is 0 Å². The van der Waals surface area contributed by atoms with Gasteiger partial charge in [0.15, 0.2) is 11.5 Å². The average molecular weight is 381 g/mol. The monoisotopic (exact) mass is 381 g/mol. The standard InChI is InChI=1S/C20H22F3NO3/c1-4-24(13-15-8-9-17(26-2)18(11-15)27-3)19(25)12-14-6-5-7-16(10-14)20(21,22)23/h5-11H,4,12-13H2,1-3H3. The molecule has 1 amide bonds. The Kier molecular flexibility index (Phi) is 6.71. The van der Waals surface area contributed by atoms with Crippen molar-refractivity contribution in [1.82, 2.24) is 4.90 Å². The summed E-state index contributed by atoms with van der Waals surface area (Å²) in [6.07, 6.45) is -4.52. The molecule has 0 aliphatic carbocycles. The Labute approximate surface area is 156 Å². The van der Waals surface area contributed by atoms with Crippen LogP contribution in [0.3, 0.4) is 0 Å². The van der Waals surface area contributed by atoms with Gasteiger partial charge in [-0.15, -0.1) is 0 Å². The minimum Gasteiger partial charge on any atom is -0.493 e. The summed E-state index contributed by atoms with van der Waals surface area (Å²) in [6, 6.07) is 10.2. The molecule has 0 aliphatic rings. The summed E-state index contributed by atoms with van der Waals surface area (Å²) in [5.41, 5.74) is 0.420. The number of hydrogen-bond acceptors (Lipinski definition) is 3. The molecule has 0 radical (unpaired) electrons. The van der Waals surface area contributed by atoms with Gasteiger partial charge in [0.05, 0.1) is 26.2 Å². The van der Waals surface area contributed by atoms with Crippen molar-refractivity contribution in [3.05, 3.63) is 59.2 Å². The van der Waals surface area contributed by atoms with Crippen molar-refractivity contribution in [2.24, 2.45) is 0 Å². The highest BCUT2D eigenvalue weighted by molar-refractivity contribution is 5.78. The number of alkyl halides is 3. The Morgan fingerprint density at radius 2 is 1.70 bits per heavy atom. The van der Waals surface area contributed by atoms with Crippen LogP contribution in [0.5, 0.6) is 11.5 Å². The Morgan fingerprint density at radius 1 is 1.00 bits per heavy atom. The normalized spacial score (nSPS) is 11.2. The summed E-state index contributed by atoms with van der Waals surface area (Å²) in [5, 5.41) is 0. The fraction of sp³-hybridized carbons (Fsp3) is 0.350. The van der Waals surface area contributed by atoms with E-state index in [-0.39, 0.29) is 12.3 Å². The molecule has 2 aromatic rings. The van der Waals surface area contributed by atoms with Crippen molar-refractivity contribution in [2.45, 2.75) is 26.1 Å². The summed E-state index contributed by atoms with van der Waals surface area (Å²) in [4.78, 5) is 14.2. The zero-order valence-corrected chi connectivity index (χ0v) is 15.5. The number of methoxy groups -OCH3 is 2. The molecular formula is C20H22F3NO3. The van der Waals surface area contributed by atoms with Crippen molar-refractivity contribution in [1.29, 1.82) is 0 Å². The summed E-state index contributed by atoms with van der Waals surface area (Å²) in [7, 11) is 3.06. The number of nitrogens with zero attached hydrogens (tertiary/aromatic N) is 1. The number of ether oxygens (including phenoxy) is 2. The van der Waals surface area contributed by atoms with E-state index >= 15 is 0 Å². The molecule has 27 heavy (non-hydrogen) atoms. The summed E-state index contributed by atoms with van der Waals surface area (Å²) in [6.45, 7) is 2.59. The van der Waals surface area contributed by atoms with Crippen LogP contribution in [-0.2, 0) is 23.9 Å². The van der Waals surface area contributed by atoms with E-state index in [9.17, 15) is 18.0 Å². The van der Waals surface area contributed by atoms with Gasteiger partial charge in [0.1, 0.15) is 0 Å². The van der Waals surface area contributed by atoms with E-state index in [1.165, 1.54) is 26.4 Å². The quantitative estimate of drug-likeness (QED) is 0.717. The number of carbonyl (C=O) groups is 1. The van der Waals surface area contributed by atoms with Crippen molar-refractivity contribution in [2.75, 3.05) is 20.8 Å². The SMILES string of the molecule is CCN(Cc1ccc(OC)c(OC)c1)C(=O)Cc1cccc(C(F)(F)F)c1. The maximum Gasteiger partial charge on any atom is 0.416 e. The number of halogens is 3. The molecule has 2 aromatic carbocycles. The highest BCUT2D eigenvalue weighted by atomic mass is 19.4. The van der Waals surface area contributed by atoms with Crippen molar-refractivity contribution < 1.29 is 27.4 Å². The first-order chi connectivity index (χ1) is 12.8. The lowest BCUT2D eigenvalue weighted by molar-refractivity contribution is -0.138. The molecule has 0 unspecified atom stereocenters. The van der Waals surface area contributed by atoms with E-state index in [1.54, 1.807) is 17.0 Å². The Morgan fingerprint density at radius 3 is 2.30 bits per heavy atom. The number of hydrogen-bond donors (Lipinski definition) is 0. The lowest BCUT2D eigenvalue weighted by Crippen LogP contribution is -2.31. The lowest BCUT2D eigenvalue weighted by Gasteiger charge is -2.22. The van der Waals surface area contributed by atoms with E-state index in [4.69, 9.17) is 9.47 Å².